The number of methoxy groups -OCH3 is 2. The first kappa shape index (κ1) is 18.0. The van der Waals surface area contributed by atoms with Crippen molar-refractivity contribution in [2.24, 2.45) is 0 Å². The summed E-state index contributed by atoms with van der Waals surface area (Å²) in [7, 11) is 3.17. The molecule has 0 aliphatic rings. The minimum absolute atomic E-state index is 0.119. The molecule has 0 aliphatic heterocycles. The number of rotatable bonds is 10. The molecule has 0 saturated heterocycles. The third kappa shape index (κ3) is 5.70. The fourth-order valence-electron chi connectivity index (χ4n) is 2.28. The van der Waals surface area contributed by atoms with E-state index in [1.54, 1.807) is 26.4 Å². The summed E-state index contributed by atoms with van der Waals surface area (Å²) in [5, 5.41) is 0. The van der Waals surface area contributed by atoms with E-state index in [1.807, 2.05) is 0 Å². The smallest absolute Gasteiger partial charge is 0.166 e. The molecule has 118 valence electrons. The second kappa shape index (κ2) is 9.82. The van der Waals surface area contributed by atoms with Crippen LogP contribution in [0.15, 0.2) is 16.6 Å². The standard InChI is InChI=1S/C17H25BrO3/c1-4-5-6-7-8-9-10-15(19)13-11-17(21-3)14(18)12-16(13)20-2/h11-12H,4-10H2,1-3H3. The molecule has 1 aromatic rings. The molecule has 1 aromatic carbocycles. The van der Waals surface area contributed by atoms with Crippen LogP contribution in [0.5, 0.6) is 11.5 Å². The van der Waals surface area contributed by atoms with Crippen molar-refractivity contribution in [3.05, 3.63) is 22.2 Å². The fraction of sp³-hybridized carbons (Fsp3) is 0.588. The summed E-state index contributed by atoms with van der Waals surface area (Å²) >= 11 is 3.40. The van der Waals surface area contributed by atoms with Crippen molar-refractivity contribution >= 4 is 21.7 Å². The maximum atomic E-state index is 12.3. The topological polar surface area (TPSA) is 35.5 Å². The Kier molecular flexibility index (Phi) is 8.43. The van der Waals surface area contributed by atoms with Crippen LogP contribution in [-0.2, 0) is 0 Å². The zero-order valence-electron chi connectivity index (χ0n) is 13.2. The van der Waals surface area contributed by atoms with Crippen molar-refractivity contribution < 1.29 is 14.3 Å². The van der Waals surface area contributed by atoms with Crippen LogP contribution in [0, 0.1) is 0 Å². The predicted octanol–water partition coefficient (Wildman–Crippen LogP) is 5.40. The highest BCUT2D eigenvalue weighted by atomic mass is 79.9. The number of carbonyl (C=O) groups excluding carboxylic acids is 1. The minimum Gasteiger partial charge on any atom is -0.496 e. The molecule has 0 saturated carbocycles. The molecule has 4 heteroatoms. The molecule has 0 unspecified atom stereocenters. The first-order valence-electron chi connectivity index (χ1n) is 7.58. The van der Waals surface area contributed by atoms with E-state index in [9.17, 15) is 4.79 Å². The highest BCUT2D eigenvalue weighted by molar-refractivity contribution is 9.10. The Bertz CT molecular complexity index is 458. The van der Waals surface area contributed by atoms with Crippen LogP contribution in [0.4, 0.5) is 0 Å². The third-order valence-electron chi connectivity index (χ3n) is 3.53. The van der Waals surface area contributed by atoms with Crippen LogP contribution in [-0.4, -0.2) is 20.0 Å². The maximum absolute atomic E-state index is 12.3. The first-order chi connectivity index (χ1) is 10.1. The van der Waals surface area contributed by atoms with E-state index < -0.39 is 0 Å². The number of benzene rings is 1. The van der Waals surface area contributed by atoms with Crippen molar-refractivity contribution in [1.82, 2.24) is 0 Å². The summed E-state index contributed by atoms with van der Waals surface area (Å²) in [6.45, 7) is 2.21. The summed E-state index contributed by atoms with van der Waals surface area (Å²) < 4.78 is 11.3. The van der Waals surface area contributed by atoms with Gasteiger partial charge in [-0.15, -0.1) is 0 Å². The van der Waals surface area contributed by atoms with E-state index >= 15 is 0 Å². The fourth-order valence-corrected chi connectivity index (χ4v) is 2.76. The Labute approximate surface area is 136 Å². The van der Waals surface area contributed by atoms with Crippen molar-refractivity contribution in [2.45, 2.75) is 51.9 Å². The molecule has 0 heterocycles. The molecule has 0 atom stereocenters. The van der Waals surface area contributed by atoms with Crippen molar-refractivity contribution in [2.75, 3.05) is 14.2 Å². The molecule has 0 radical (unpaired) electrons. The Hall–Kier alpha value is -1.03. The summed E-state index contributed by atoms with van der Waals surface area (Å²) in [4.78, 5) is 12.3. The molecule has 0 amide bonds. The highest BCUT2D eigenvalue weighted by Gasteiger charge is 2.15. The largest absolute Gasteiger partial charge is 0.496 e. The van der Waals surface area contributed by atoms with Crippen molar-refractivity contribution in [1.29, 1.82) is 0 Å². The van der Waals surface area contributed by atoms with Gasteiger partial charge < -0.3 is 9.47 Å². The normalized spacial score (nSPS) is 10.5. The van der Waals surface area contributed by atoms with E-state index in [0.717, 1.165) is 17.3 Å². The van der Waals surface area contributed by atoms with Crippen molar-refractivity contribution in [3.63, 3.8) is 0 Å². The Morgan fingerprint density at radius 2 is 1.62 bits per heavy atom. The predicted molar refractivity (Wildman–Crippen MR) is 89.6 cm³/mol. The van der Waals surface area contributed by atoms with Gasteiger partial charge in [0.2, 0.25) is 0 Å². The van der Waals surface area contributed by atoms with Crippen molar-refractivity contribution in [3.8, 4) is 11.5 Å². The van der Waals surface area contributed by atoms with E-state index in [-0.39, 0.29) is 5.78 Å². The summed E-state index contributed by atoms with van der Waals surface area (Å²) in [6, 6.07) is 3.54. The second-order valence-corrected chi connectivity index (χ2v) is 5.98. The van der Waals surface area contributed by atoms with Gasteiger partial charge in [-0.2, -0.15) is 0 Å². The van der Waals surface area contributed by atoms with Gasteiger partial charge in [0.25, 0.3) is 0 Å². The Morgan fingerprint density at radius 1 is 1.00 bits per heavy atom. The van der Waals surface area contributed by atoms with Crippen LogP contribution in [0.25, 0.3) is 0 Å². The van der Waals surface area contributed by atoms with E-state index in [1.165, 1.54) is 25.7 Å². The number of ether oxygens (including phenoxy) is 2. The lowest BCUT2D eigenvalue weighted by atomic mass is 10.0. The number of Topliss-reactive ketones (excluding diaryl/α,β-unsaturated/α-hetero) is 1. The summed E-state index contributed by atoms with van der Waals surface area (Å²) in [5.74, 6) is 1.37. The second-order valence-electron chi connectivity index (χ2n) is 5.13. The summed E-state index contributed by atoms with van der Waals surface area (Å²) in [5.41, 5.74) is 0.603. The molecule has 0 bridgehead atoms. The molecule has 0 spiro atoms. The third-order valence-corrected chi connectivity index (χ3v) is 4.15. The molecule has 0 N–H and O–H groups in total. The average Bonchev–Trinajstić information content (AvgIpc) is 2.50. The van der Waals surface area contributed by atoms with Gasteiger partial charge >= 0.3 is 0 Å². The number of ketones is 1. The van der Waals surface area contributed by atoms with Gasteiger partial charge in [-0.1, -0.05) is 39.0 Å². The molecule has 0 aromatic heterocycles. The van der Waals surface area contributed by atoms with Crippen LogP contribution in [0.1, 0.15) is 62.2 Å². The molecule has 3 nitrogen and oxygen atoms in total. The molecule has 1 rings (SSSR count). The zero-order valence-corrected chi connectivity index (χ0v) is 14.8. The van der Waals surface area contributed by atoms with E-state index in [0.29, 0.717) is 23.5 Å². The van der Waals surface area contributed by atoms with E-state index in [2.05, 4.69) is 22.9 Å². The lowest BCUT2D eigenvalue weighted by molar-refractivity contribution is 0.0975. The van der Waals surface area contributed by atoms with E-state index in [4.69, 9.17) is 9.47 Å². The van der Waals surface area contributed by atoms with Crippen LogP contribution < -0.4 is 9.47 Å². The van der Waals surface area contributed by atoms with Gasteiger partial charge in [0.05, 0.1) is 24.3 Å². The monoisotopic (exact) mass is 356 g/mol. The number of hydrogen-bond acceptors (Lipinski definition) is 3. The lowest BCUT2D eigenvalue weighted by Crippen LogP contribution is -2.03. The van der Waals surface area contributed by atoms with Crippen LogP contribution >= 0.6 is 15.9 Å². The Balaban J connectivity index is 2.60. The maximum Gasteiger partial charge on any atom is 0.166 e. The quantitative estimate of drug-likeness (QED) is 0.415. The number of carbonyl (C=O) groups is 1. The molecule has 0 aliphatic carbocycles. The molecular formula is C17H25BrO3. The minimum atomic E-state index is 0.119. The van der Waals surface area contributed by atoms with Crippen LogP contribution in [0.3, 0.4) is 0 Å². The summed E-state index contributed by atoms with van der Waals surface area (Å²) in [6.07, 6.45) is 7.61. The number of unbranched alkanes of at least 4 members (excludes halogenated alkanes) is 5. The zero-order chi connectivity index (χ0) is 15.7. The number of halogens is 1. The van der Waals surface area contributed by atoms with Gasteiger partial charge in [-0.3, -0.25) is 4.79 Å². The molecular weight excluding hydrogens is 332 g/mol. The van der Waals surface area contributed by atoms with Gasteiger partial charge in [0, 0.05) is 6.42 Å². The molecule has 0 fully saturated rings. The van der Waals surface area contributed by atoms with Gasteiger partial charge in [0.15, 0.2) is 5.78 Å². The van der Waals surface area contributed by atoms with Crippen LogP contribution in [0.2, 0.25) is 0 Å². The lowest BCUT2D eigenvalue weighted by Gasteiger charge is -2.11. The van der Waals surface area contributed by atoms with Gasteiger partial charge in [-0.25, -0.2) is 0 Å². The Morgan fingerprint density at radius 3 is 2.24 bits per heavy atom. The highest BCUT2D eigenvalue weighted by Crippen LogP contribution is 2.33. The number of hydrogen-bond donors (Lipinski definition) is 0. The first-order valence-corrected chi connectivity index (χ1v) is 8.38. The average molecular weight is 357 g/mol. The SMILES string of the molecule is CCCCCCCCC(=O)c1cc(OC)c(Br)cc1OC. The molecule has 21 heavy (non-hydrogen) atoms. The van der Waals surface area contributed by atoms with Gasteiger partial charge in [-0.05, 0) is 34.5 Å². The van der Waals surface area contributed by atoms with Gasteiger partial charge in [0.1, 0.15) is 11.5 Å².